The van der Waals surface area contributed by atoms with Crippen LogP contribution in [0.15, 0.2) is 30.5 Å². The molecule has 0 radical (unpaired) electrons. The van der Waals surface area contributed by atoms with Crippen molar-refractivity contribution in [1.82, 2.24) is 15.3 Å². The smallest absolute Gasteiger partial charge is 0.123 e. The summed E-state index contributed by atoms with van der Waals surface area (Å²) in [6, 6.07) is 8.40. The van der Waals surface area contributed by atoms with E-state index < -0.39 is 0 Å². The van der Waals surface area contributed by atoms with Crippen LogP contribution in [0.25, 0.3) is 11.3 Å². The maximum absolute atomic E-state index is 5.27. The van der Waals surface area contributed by atoms with Gasteiger partial charge in [-0.1, -0.05) is 25.0 Å². The number of benzene rings is 1. The minimum absolute atomic E-state index is 0.358. The number of aromatic amines is 1. The van der Waals surface area contributed by atoms with Gasteiger partial charge in [-0.05, 0) is 31.5 Å². The van der Waals surface area contributed by atoms with Crippen molar-refractivity contribution >= 4 is 0 Å². The van der Waals surface area contributed by atoms with Gasteiger partial charge in [-0.25, -0.2) is 4.98 Å². The second kappa shape index (κ2) is 6.09. The van der Waals surface area contributed by atoms with Crippen LogP contribution in [0, 0.1) is 0 Å². The summed E-state index contributed by atoms with van der Waals surface area (Å²) in [7, 11) is 1.69. The number of hydrogen-bond donors (Lipinski definition) is 2. The molecule has 20 heavy (non-hydrogen) atoms. The van der Waals surface area contributed by atoms with Crippen LogP contribution in [-0.2, 0) is 0 Å². The Balaban J connectivity index is 1.81. The Morgan fingerprint density at radius 2 is 2.20 bits per heavy atom. The van der Waals surface area contributed by atoms with E-state index in [1.807, 2.05) is 24.4 Å². The number of nitrogens with one attached hydrogen (secondary N) is 2. The maximum atomic E-state index is 5.27. The number of imidazole rings is 1. The van der Waals surface area contributed by atoms with Gasteiger partial charge in [-0.3, -0.25) is 0 Å². The highest BCUT2D eigenvalue weighted by Gasteiger charge is 2.16. The minimum atomic E-state index is 0.358. The summed E-state index contributed by atoms with van der Waals surface area (Å²) in [4.78, 5) is 8.00. The molecule has 0 aliphatic carbocycles. The van der Waals surface area contributed by atoms with Crippen molar-refractivity contribution in [3.63, 3.8) is 0 Å². The zero-order chi connectivity index (χ0) is 13.8. The number of ether oxygens (including phenoxy) is 1. The van der Waals surface area contributed by atoms with E-state index in [1.54, 1.807) is 7.11 Å². The van der Waals surface area contributed by atoms with Gasteiger partial charge in [0.15, 0.2) is 0 Å². The normalized spacial score (nSPS) is 19.6. The second-order valence-electron chi connectivity index (χ2n) is 5.27. The number of rotatable bonds is 3. The Hall–Kier alpha value is -1.81. The van der Waals surface area contributed by atoms with Crippen LogP contribution in [0.5, 0.6) is 5.75 Å². The molecule has 2 heterocycles. The van der Waals surface area contributed by atoms with Crippen LogP contribution in [0.2, 0.25) is 0 Å². The minimum Gasteiger partial charge on any atom is -0.497 e. The van der Waals surface area contributed by atoms with Crippen molar-refractivity contribution in [2.75, 3.05) is 13.7 Å². The van der Waals surface area contributed by atoms with Crippen LogP contribution in [0.3, 0.4) is 0 Å². The third-order valence-corrected chi connectivity index (χ3v) is 3.87. The first-order chi connectivity index (χ1) is 9.86. The number of nitrogens with zero attached hydrogens (tertiary/aromatic N) is 1. The summed E-state index contributed by atoms with van der Waals surface area (Å²) in [5, 5.41) is 3.57. The molecule has 0 spiro atoms. The highest BCUT2D eigenvalue weighted by Crippen LogP contribution is 2.25. The highest BCUT2D eigenvalue weighted by atomic mass is 16.5. The molecule has 1 aliphatic heterocycles. The van der Waals surface area contributed by atoms with Crippen molar-refractivity contribution in [2.45, 2.75) is 31.7 Å². The Morgan fingerprint density at radius 3 is 3.10 bits per heavy atom. The van der Waals surface area contributed by atoms with Gasteiger partial charge in [0.1, 0.15) is 11.6 Å². The molecule has 1 atom stereocenters. The van der Waals surface area contributed by atoms with Gasteiger partial charge in [-0.15, -0.1) is 0 Å². The molecule has 1 aromatic heterocycles. The van der Waals surface area contributed by atoms with Gasteiger partial charge < -0.3 is 15.0 Å². The number of methoxy groups -OCH3 is 1. The second-order valence-corrected chi connectivity index (χ2v) is 5.27. The molecule has 0 saturated carbocycles. The highest BCUT2D eigenvalue weighted by molar-refractivity contribution is 5.60. The molecule has 3 rings (SSSR count). The fraction of sp³-hybridized carbons (Fsp3) is 0.438. The van der Waals surface area contributed by atoms with Crippen molar-refractivity contribution in [3.8, 4) is 17.0 Å². The fourth-order valence-electron chi connectivity index (χ4n) is 2.71. The van der Waals surface area contributed by atoms with Gasteiger partial charge in [0.05, 0.1) is 25.0 Å². The molecule has 1 saturated heterocycles. The van der Waals surface area contributed by atoms with Crippen molar-refractivity contribution in [3.05, 3.63) is 36.3 Å². The lowest BCUT2D eigenvalue weighted by Gasteiger charge is -2.12. The molecule has 1 fully saturated rings. The lowest BCUT2D eigenvalue weighted by atomic mass is 10.1. The third-order valence-electron chi connectivity index (χ3n) is 3.87. The quantitative estimate of drug-likeness (QED) is 0.900. The molecule has 0 amide bonds. The van der Waals surface area contributed by atoms with Gasteiger partial charge in [-0.2, -0.15) is 0 Å². The molecule has 4 nitrogen and oxygen atoms in total. The topological polar surface area (TPSA) is 49.9 Å². The van der Waals surface area contributed by atoms with Gasteiger partial charge in [0.2, 0.25) is 0 Å². The molecule has 4 heteroatoms. The maximum Gasteiger partial charge on any atom is 0.123 e. The molecule has 1 unspecified atom stereocenters. The summed E-state index contributed by atoms with van der Waals surface area (Å²) in [6.07, 6.45) is 6.92. The monoisotopic (exact) mass is 271 g/mol. The first-order valence-corrected chi connectivity index (χ1v) is 7.29. The summed E-state index contributed by atoms with van der Waals surface area (Å²) in [5.41, 5.74) is 2.15. The SMILES string of the molecule is COc1cccc(-c2cnc(C3CCCCCN3)[nH]2)c1. The number of H-pyrrole nitrogens is 1. The average molecular weight is 271 g/mol. The van der Waals surface area contributed by atoms with Gasteiger partial charge >= 0.3 is 0 Å². The molecule has 106 valence electrons. The molecule has 1 aromatic carbocycles. The first kappa shape index (κ1) is 13.2. The van der Waals surface area contributed by atoms with E-state index >= 15 is 0 Å². The van der Waals surface area contributed by atoms with Crippen molar-refractivity contribution < 1.29 is 4.74 Å². The van der Waals surface area contributed by atoms with Gasteiger partial charge in [0.25, 0.3) is 0 Å². The predicted octanol–water partition coefficient (Wildman–Crippen LogP) is 3.29. The van der Waals surface area contributed by atoms with E-state index in [9.17, 15) is 0 Å². The lowest BCUT2D eigenvalue weighted by Crippen LogP contribution is -2.21. The van der Waals surface area contributed by atoms with E-state index in [-0.39, 0.29) is 0 Å². The summed E-state index contributed by atoms with van der Waals surface area (Å²) in [5.74, 6) is 1.91. The Morgan fingerprint density at radius 1 is 1.25 bits per heavy atom. The standard InChI is InChI=1S/C16H21N3O/c1-20-13-7-5-6-12(10-13)15-11-18-16(19-15)14-8-3-2-4-9-17-14/h5-7,10-11,14,17H,2-4,8-9H2,1H3,(H,18,19). The summed E-state index contributed by atoms with van der Waals surface area (Å²) >= 11 is 0. The average Bonchev–Trinajstić information content (AvgIpc) is 2.83. The van der Waals surface area contributed by atoms with E-state index in [0.717, 1.165) is 35.8 Å². The van der Waals surface area contributed by atoms with E-state index in [2.05, 4.69) is 21.4 Å². The Bertz CT molecular complexity index is 556. The summed E-state index contributed by atoms with van der Waals surface area (Å²) in [6.45, 7) is 1.08. The molecular weight excluding hydrogens is 250 g/mol. The molecule has 2 N–H and O–H groups in total. The molecule has 0 bridgehead atoms. The Labute approximate surface area is 119 Å². The van der Waals surface area contributed by atoms with Crippen molar-refractivity contribution in [1.29, 1.82) is 0 Å². The lowest BCUT2D eigenvalue weighted by molar-refractivity contribution is 0.415. The van der Waals surface area contributed by atoms with Crippen LogP contribution in [0.1, 0.15) is 37.5 Å². The predicted molar refractivity (Wildman–Crippen MR) is 79.8 cm³/mol. The number of aromatic nitrogens is 2. The van der Waals surface area contributed by atoms with Gasteiger partial charge in [0, 0.05) is 5.56 Å². The summed E-state index contributed by atoms with van der Waals surface area (Å²) < 4.78 is 5.27. The first-order valence-electron chi connectivity index (χ1n) is 7.29. The van der Waals surface area contributed by atoms with Crippen molar-refractivity contribution in [2.24, 2.45) is 0 Å². The van der Waals surface area contributed by atoms with E-state index in [1.165, 1.54) is 19.3 Å². The molecule has 1 aliphatic rings. The van der Waals surface area contributed by atoms with E-state index in [4.69, 9.17) is 4.74 Å². The Kier molecular flexibility index (Phi) is 4.02. The van der Waals surface area contributed by atoms with E-state index in [0.29, 0.717) is 6.04 Å². The zero-order valence-electron chi connectivity index (χ0n) is 11.9. The van der Waals surface area contributed by atoms with Crippen LogP contribution in [-0.4, -0.2) is 23.6 Å². The molecular formula is C16H21N3O. The molecule has 2 aromatic rings. The van der Waals surface area contributed by atoms with Crippen LogP contribution < -0.4 is 10.1 Å². The van der Waals surface area contributed by atoms with Crippen LogP contribution >= 0.6 is 0 Å². The third kappa shape index (κ3) is 2.85. The zero-order valence-corrected chi connectivity index (χ0v) is 11.9. The van der Waals surface area contributed by atoms with Crippen LogP contribution in [0.4, 0.5) is 0 Å². The number of hydrogen-bond acceptors (Lipinski definition) is 3. The fourth-order valence-corrected chi connectivity index (χ4v) is 2.71. The largest absolute Gasteiger partial charge is 0.497 e.